The van der Waals surface area contributed by atoms with Gasteiger partial charge in [0, 0.05) is 12.0 Å². The average molecular weight is 533 g/mol. The van der Waals surface area contributed by atoms with E-state index in [-0.39, 0.29) is 30.1 Å². The molecule has 0 radical (unpaired) electrons. The van der Waals surface area contributed by atoms with E-state index >= 15 is 0 Å². The van der Waals surface area contributed by atoms with Crippen LogP contribution in [0.4, 0.5) is 0 Å². The number of pyridine rings is 1. The molecule has 206 valence electrons. The van der Waals surface area contributed by atoms with Gasteiger partial charge < -0.3 is 25.6 Å². The Labute approximate surface area is 227 Å². The molecule has 2 aromatic heterocycles. The first-order valence-electron chi connectivity index (χ1n) is 13.7. The van der Waals surface area contributed by atoms with Gasteiger partial charge in [-0.3, -0.25) is 9.59 Å². The van der Waals surface area contributed by atoms with Crippen LogP contribution < -0.4 is 20.5 Å². The molecule has 1 aromatic carbocycles. The number of nitrogens with one attached hydrogen (secondary N) is 1. The van der Waals surface area contributed by atoms with Crippen LogP contribution in [0, 0.1) is 12.3 Å². The number of fused-ring (bicyclic) bond motifs is 1. The van der Waals surface area contributed by atoms with Crippen molar-refractivity contribution < 1.29 is 24.2 Å². The van der Waals surface area contributed by atoms with E-state index in [1.165, 1.54) is 0 Å². The molecule has 0 aliphatic heterocycles. The number of carbonyl (C=O) groups excluding carboxylic acids is 2. The van der Waals surface area contributed by atoms with Crippen LogP contribution in [-0.2, 0) is 0 Å². The fraction of sp³-hybridized carbons (Fsp3) is 0.500. The molecule has 9 nitrogen and oxygen atoms in total. The summed E-state index contributed by atoms with van der Waals surface area (Å²) in [7, 11) is 0. The highest BCUT2D eigenvalue weighted by Gasteiger charge is 2.54. The Hall–Kier alpha value is -3.59. The molecule has 0 unspecified atom stereocenters. The molecular formula is C30H36N4O5. The maximum absolute atomic E-state index is 13.2. The predicted molar refractivity (Wildman–Crippen MR) is 145 cm³/mol. The molecule has 3 saturated carbocycles. The molecular weight excluding hydrogens is 496 g/mol. The summed E-state index contributed by atoms with van der Waals surface area (Å²) in [5, 5.41) is 17.8. The maximum Gasteiger partial charge on any atom is 0.255 e. The van der Waals surface area contributed by atoms with E-state index in [0.717, 1.165) is 55.3 Å². The lowest BCUT2D eigenvalue weighted by atomic mass is 9.53. The number of primary amides is 1. The molecule has 3 aliphatic rings. The quantitative estimate of drug-likeness (QED) is 0.384. The Morgan fingerprint density at radius 3 is 2.51 bits per heavy atom. The van der Waals surface area contributed by atoms with Gasteiger partial charge in [0.2, 0.25) is 0 Å². The molecule has 1 spiro atoms. The third kappa shape index (κ3) is 5.07. The van der Waals surface area contributed by atoms with Gasteiger partial charge in [-0.2, -0.15) is 5.10 Å². The van der Waals surface area contributed by atoms with Gasteiger partial charge >= 0.3 is 0 Å². The molecule has 2 heterocycles. The van der Waals surface area contributed by atoms with Gasteiger partial charge in [0.05, 0.1) is 40.2 Å². The Bertz CT molecular complexity index is 1440. The van der Waals surface area contributed by atoms with E-state index in [1.54, 1.807) is 26.1 Å². The molecule has 9 heteroatoms. The number of hydrogen-bond acceptors (Lipinski definition) is 6. The maximum atomic E-state index is 13.2. The van der Waals surface area contributed by atoms with Gasteiger partial charge in [0.1, 0.15) is 18.1 Å². The number of aryl methyl sites for hydroxylation is 1. The van der Waals surface area contributed by atoms with Gasteiger partial charge in [0.15, 0.2) is 0 Å². The van der Waals surface area contributed by atoms with Crippen molar-refractivity contribution in [1.29, 1.82) is 0 Å². The van der Waals surface area contributed by atoms with E-state index in [4.69, 9.17) is 15.2 Å². The fourth-order valence-electron chi connectivity index (χ4n) is 6.13. The second-order valence-electron chi connectivity index (χ2n) is 12.4. The van der Waals surface area contributed by atoms with Gasteiger partial charge in [-0.1, -0.05) is 11.6 Å². The van der Waals surface area contributed by atoms with E-state index in [0.29, 0.717) is 28.5 Å². The Kier molecular flexibility index (Phi) is 6.10. The zero-order valence-corrected chi connectivity index (χ0v) is 22.7. The van der Waals surface area contributed by atoms with Crippen molar-refractivity contribution in [1.82, 2.24) is 14.9 Å². The summed E-state index contributed by atoms with van der Waals surface area (Å²) in [5.74, 6) is 1.00. The van der Waals surface area contributed by atoms with Crippen LogP contribution in [0.3, 0.4) is 0 Å². The molecule has 4 N–H and O–H groups in total. The van der Waals surface area contributed by atoms with E-state index < -0.39 is 11.5 Å². The number of benzene rings is 1. The van der Waals surface area contributed by atoms with E-state index in [9.17, 15) is 14.7 Å². The molecule has 3 fully saturated rings. The lowest BCUT2D eigenvalue weighted by molar-refractivity contribution is -0.0834. The smallest absolute Gasteiger partial charge is 0.255 e. The van der Waals surface area contributed by atoms with Crippen molar-refractivity contribution in [3.63, 3.8) is 0 Å². The topological polar surface area (TPSA) is 128 Å². The minimum Gasteiger partial charge on any atom is -0.490 e. The van der Waals surface area contributed by atoms with Crippen molar-refractivity contribution >= 4 is 17.3 Å². The number of nitrogens with zero attached hydrogens (tertiary/aromatic N) is 2. The highest BCUT2D eigenvalue weighted by Crippen LogP contribution is 2.57. The van der Waals surface area contributed by atoms with Gasteiger partial charge in [0.25, 0.3) is 11.8 Å². The standard InChI is InChI=1S/C30H36N4O5/c1-17-4-8-24(21(10-17)27(31)35)39-20-13-30(14-20)11-19(12-30)33-28(36)22-15-32-34-23(22)7-9-25(26(34)18-5-6-18)38-16-29(2,3)37/h4,7-10,15,18-20,37H,5-6,11-14,16H2,1-3H3,(H2,31,35)(H,33,36). The molecule has 0 bridgehead atoms. The SMILES string of the molecule is Cc1ccc(OC2CC3(CC(NC(=O)c4cnn5c(C6CC6)c(OCC(C)(C)O)ccc45)C3)C2)c(C(N)=O)c1. The lowest BCUT2D eigenvalue weighted by Crippen LogP contribution is -2.58. The molecule has 2 amide bonds. The molecule has 3 aromatic rings. The number of carbonyl (C=O) groups is 2. The number of rotatable bonds is 9. The number of nitrogens with two attached hydrogens (primary N) is 1. The van der Waals surface area contributed by atoms with Gasteiger partial charge in [-0.25, -0.2) is 4.52 Å². The zero-order chi connectivity index (χ0) is 27.5. The second kappa shape index (κ2) is 9.26. The summed E-state index contributed by atoms with van der Waals surface area (Å²) in [5.41, 5.74) is 8.45. The third-order valence-electron chi connectivity index (χ3n) is 8.18. The van der Waals surface area contributed by atoms with Crippen molar-refractivity contribution in [3.05, 3.63) is 58.9 Å². The summed E-state index contributed by atoms with van der Waals surface area (Å²) < 4.78 is 13.9. The summed E-state index contributed by atoms with van der Waals surface area (Å²) in [6, 6.07) is 9.37. The summed E-state index contributed by atoms with van der Waals surface area (Å²) in [6.07, 6.45) is 7.43. The number of aliphatic hydroxyl groups is 1. The van der Waals surface area contributed by atoms with E-state index in [2.05, 4.69) is 10.4 Å². The zero-order valence-electron chi connectivity index (χ0n) is 22.7. The van der Waals surface area contributed by atoms with Gasteiger partial charge in [-0.05, 0) is 89.0 Å². The lowest BCUT2D eigenvalue weighted by Gasteiger charge is -2.57. The van der Waals surface area contributed by atoms with Crippen molar-refractivity contribution in [2.45, 2.75) is 83.0 Å². The molecule has 0 saturated heterocycles. The Morgan fingerprint density at radius 2 is 1.85 bits per heavy atom. The van der Waals surface area contributed by atoms with Crippen molar-refractivity contribution in [2.75, 3.05) is 6.61 Å². The van der Waals surface area contributed by atoms with E-state index in [1.807, 2.05) is 35.7 Å². The molecule has 3 aliphatic carbocycles. The minimum absolute atomic E-state index is 0.0516. The van der Waals surface area contributed by atoms with Crippen LogP contribution in [-0.4, -0.2) is 50.9 Å². The van der Waals surface area contributed by atoms with Crippen LogP contribution in [0.2, 0.25) is 0 Å². The average Bonchev–Trinajstić information content (AvgIpc) is 3.57. The Balaban J connectivity index is 1.07. The first-order chi connectivity index (χ1) is 18.5. The number of aromatic nitrogens is 2. The summed E-state index contributed by atoms with van der Waals surface area (Å²) >= 11 is 0. The van der Waals surface area contributed by atoms with Crippen molar-refractivity contribution in [2.24, 2.45) is 11.1 Å². The molecule has 0 atom stereocenters. The van der Waals surface area contributed by atoms with Crippen LogP contribution in [0.5, 0.6) is 11.5 Å². The number of hydrogen-bond donors (Lipinski definition) is 3. The van der Waals surface area contributed by atoms with Crippen LogP contribution in [0.25, 0.3) is 5.52 Å². The van der Waals surface area contributed by atoms with Crippen LogP contribution >= 0.6 is 0 Å². The highest BCUT2D eigenvalue weighted by molar-refractivity contribution is 6.01. The largest absolute Gasteiger partial charge is 0.490 e. The van der Waals surface area contributed by atoms with Crippen molar-refractivity contribution in [3.8, 4) is 11.5 Å². The van der Waals surface area contributed by atoms with Crippen LogP contribution in [0.1, 0.15) is 90.3 Å². The first kappa shape index (κ1) is 25.7. The minimum atomic E-state index is -0.940. The number of amides is 2. The monoisotopic (exact) mass is 532 g/mol. The normalized spacial score (nSPS) is 24.2. The fourth-order valence-corrected chi connectivity index (χ4v) is 6.13. The predicted octanol–water partition coefficient (Wildman–Crippen LogP) is 3.89. The van der Waals surface area contributed by atoms with Crippen LogP contribution in [0.15, 0.2) is 36.5 Å². The third-order valence-corrected chi connectivity index (χ3v) is 8.18. The summed E-state index contributed by atoms with van der Waals surface area (Å²) in [6.45, 7) is 5.52. The Morgan fingerprint density at radius 1 is 1.13 bits per heavy atom. The first-order valence-corrected chi connectivity index (χ1v) is 13.7. The summed E-state index contributed by atoms with van der Waals surface area (Å²) in [4.78, 5) is 25.0. The molecule has 39 heavy (non-hydrogen) atoms. The second-order valence-corrected chi connectivity index (χ2v) is 12.4. The van der Waals surface area contributed by atoms with Gasteiger partial charge in [-0.15, -0.1) is 0 Å². The highest BCUT2D eigenvalue weighted by atomic mass is 16.5. The number of ether oxygens (including phenoxy) is 2. The molecule has 6 rings (SSSR count).